The smallest absolute Gasteiger partial charge is 0.269 e. The van der Waals surface area contributed by atoms with Gasteiger partial charge in [0.2, 0.25) is 10.0 Å². The molecule has 2 aromatic carbocycles. The van der Waals surface area contributed by atoms with Gasteiger partial charge >= 0.3 is 0 Å². The highest BCUT2D eigenvalue weighted by molar-refractivity contribution is 7.89. The molecule has 1 amide bonds. The van der Waals surface area contributed by atoms with Crippen LogP contribution in [0, 0.1) is 17.0 Å². The molecule has 27 heavy (non-hydrogen) atoms. The molecule has 8 nitrogen and oxygen atoms in total. The van der Waals surface area contributed by atoms with Crippen LogP contribution >= 0.6 is 0 Å². The van der Waals surface area contributed by atoms with Crippen LogP contribution in [0.25, 0.3) is 0 Å². The number of hydrogen-bond acceptors (Lipinski definition) is 5. The first-order chi connectivity index (χ1) is 12.7. The van der Waals surface area contributed by atoms with Crippen LogP contribution in [0.15, 0.2) is 47.4 Å². The SMILES string of the molecule is CCN(CC)S(=O)(=O)c1cc(C(=O)Nc2ccc([N+](=O)[O-])cc2)ccc1C. The first kappa shape index (κ1) is 20.5. The van der Waals surface area contributed by atoms with Gasteiger partial charge in [-0.05, 0) is 36.8 Å². The molecule has 0 heterocycles. The lowest BCUT2D eigenvalue weighted by molar-refractivity contribution is -0.384. The van der Waals surface area contributed by atoms with Gasteiger partial charge in [-0.1, -0.05) is 19.9 Å². The molecular weight excluding hydrogens is 370 g/mol. The lowest BCUT2D eigenvalue weighted by Gasteiger charge is -2.20. The fraction of sp³-hybridized carbons (Fsp3) is 0.278. The number of nitro groups is 1. The molecule has 0 aliphatic heterocycles. The van der Waals surface area contributed by atoms with E-state index in [-0.39, 0.29) is 16.1 Å². The quantitative estimate of drug-likeness (QED) is 0.576. The number of hydrogen-bond donors (Lipinski definition) is 1. The van der Waals surface area contributed by atoms with Crippen LogP contribution < -0.4 is 5.32 Å². The minimum Gasteiger partial charge on any atom is -0.322 e. The van der Waals surface area contributed by atoms with Crippen molar-refractivity contribution in [3.8, 4) is 0 Å². The van der Waals surface area contributed by atoms with Gasteiger partial charge in [-0.25, -0.2) is 8.42 Å². The monoisotopic (exact) mass is 391 g/mol. The molecule has 0 aliphatic rings. The van der Waals surface area contributed by atoms with E-state index in [0.717, 1.165) is 0 Å². The topological polar surface area (TPSA) is 110 Å². The van der Waals surface area contributed by atoms with E-state index in [1.54, 1.807) is 26.8 Å². The van der Waals surface area contributed by atoms with Gasteiger partial charge in [0.25, 0.3) is 11.6 Å². The molecule has 0 spiro atoms. The van der Waals surface area contributed by atoms with Crippen molar-refractivity contribution < 1.29 is 18.1 Å². The molecule has 0 radical (unpaired) electrons. The summed E-state index contributed by atoms with van der Waals surface area (Å²) in [5.74, 6) is -0.500. The summed E-state index contributed by atoms with van der Waals surface area (Å²) in [5.41, 5.74) is 1.02. The molecule has 0 saturated carbocycles. The number of carbonyl (C=O) groups excluding carboxylic acids is 1. The zero-order chi connectivity index (χ0) is 20.2. The second kappa shape index (κ2) is 8.28. The highest BCUT2D eigenvalue weighted by Crippen LogP contribution is 2.22. The van der Waals surface area contributed by atoms with Crippen LogP contribution in [0.4, 0.5) is 11.4 Å². The lowest BCUT2D eigenvalue weighted by atomic mass is 10.1. The van der Waals surface area contributed by atoms with Crippen molar-refractivity contribution in [1.82, 2.24) is 4.31 Å². The molecule has 0 fully saturated rings. The third-order valence-electron chi connectivity index (χ3n) is 4.11. The Balaban J connectivity index is 2.31. The highest BCUT2D eigenvalue weighted by Gasteiger charge is 2.24. The third kappa shape index (κ3) is 4.50. The number of amides is 1. The van der Waals surface area contributed by atoms with Crippen molar-refractivity contribution in [3.63, 3.8) is 0 Å². The van der Waals surface area contributed by atoms with Crippen molar-refractivity contribution in [2.24, 2.45) is 0 Å². The minimum atomic E-state index is -3.70. The molecular formula is C18H21N3O5S. The normalized spacial score (nSPS) is 11.4. The largest absolute Gasteiger partial charge is 0.322 e. The van der Waals surface area contributed by atoms with E-state index in [0.29, 0.717) is 24.3 Å². The van der Waals surface area contributed by atoms with E-state index in [9.17, 15) is 23.3 Å². The van der Waals surface area contributed by atoms with E-state index in [1.165, 1.54) is 40.7 Å². The van der Waals surface area contributed by atoms with Gasteiger partial charge in [-0.3, -0.25) is 14.9 Å². The molecule has 2 aromatic rings. The molecule has 0 aromatic heterocycles. The zero-order valence-electron chi connectivity index (χ0n) is 15.3. The van der Waals surface area contributed by atoms with E-state index < -0.39 is 20.9 Å². The number of nitrogens with one attached hydrogen (secondary N) is 1. The molecule has 9 heteroatoms. The zero-order valence-corrected chi connectivity index (χ0v) is 16.1. The van der Waals surface area contributed by atoms with Crippen molar-refractivity contribution in [2.45, 2.75) is 25.7 Å². The van der Waals surface area contributed by atoms with Crippen molar-refractivity contribution in [2.75, 3.05) is 18.4 Å². The van der Waals surface area contributed by atoms with E-state index in [2.05, 4.69) is 5.32 Å². The van der Waals surface area contributed by atoms with Crippen molar-refractivity contribution in [1.29, 1.82) is 0 Å². The van der Waals surface area contributed by atoms with Crippen LogP contribution in [-0.2, 0) is 10.0 Å². The Morgan fingerprint density at radius 2 is 1.70 bits per heavy atom. The number of aryl methyl sites for hydroxylation is 1. The Morgan fingerprint density at radius 3 is 2.22 bits per heavy atom. The lowest BCUT2D eigenvalue weighted by Crippen LogP contribution is -2.31. The molecule has 144 valence electrons. The van der Waals surface area contributed by atoms with Crippen LogP contribution in [0.2, 0.25) is 0 Å². The van der Waals surface area contributed by atoms with Gasteiger partial charge in [0, 0.05) is 36.5 Å². The summed E-state index contributed by atoms with van der Waals surface area (Å²) >= 11 is 0. The second-order valence-corrected chi connectivity index (χ2v) is 7.73. The van der Waals surface area contributed by atoms with Crippen LogP contribution in [-0.4, -0.2) is 36.6 Å². The number of anilines is 1. The standard InChI is InChI=1S/C18H21N3O5S/c1-4-20(5-2)27(25,26)17-12-14(7-6-13(17)3)18(22)19-15-8-10-16(11-9-15)21(23)24/h6-12H,4-5H2,1-3H3,(H,19,22). The van der Waals surface area contributed by atoms with E-state index in [1.807, 2.05) is 0 Å². The van der Waals surface area contributed by atoms with Gasteiger partial charge in [0.05, 0.1) is 9.82 Å². The average molecular weight is 391 g/mol. The maximum absolute atomic E-state index is 12.8. The number of nitrogens with zero attached hydrogens (tertiary/aromatic N) is 2. The Hall–Kier alpha value is -2.78. The predicted molar refractivity (Wildman–Crippen MR) is 102 cm³/mol. The number of nitro benzene ring substituents is 1. The molecule has 1 N–H and O–H groups in total. The fourth-order valence-corrected chi connectivity index (χ4v) is 4.30. The second-order valence-electron chi connectivity index (χ2n) is 5.83. The molecule has 0 atom stereocenters. The van der Waals surface area contributed by atoms with Gasteiger partial charge in [0.1, 0.15) is 0 Å². The number of rotatable bonds is 7. The summed E-state index contributed by atoms with van der Waals surface area (Å²) in [7, 11) is -3.70. The summed E-state index contributed by atoms with van der Waals surface area (Å²) in [6.45, 7) is 5.84. The third-order valence-corrected chi connectivity index (χ3v) is 6.30. The highest BCUT2D eigenvalue weighted by atomic mass is 32.2. The van der Waals surface area contributed by atoms with Crippen LogP contribution in [0.1, 0.15) is 29.8 Å². The van der Waals surface area contributed by atoms with E-state index in [4.69, 9.17) is 0 Å². The fourth-order valence-electron chi connectivity index (χ4n) is 2.59. The Bertz CT molecular complexity index is 951. The molecule has 0 bridgehead atoms. The van der Waals surface area contributed by atoms with Crippen LogP contribution in [0.3, 0.4) is 0 Å². The predicted octanol–water partition coefficient (Wildman–Crippen LogP) is 3.19. The number of non-ortho nitro benzene ring substituents is 1. The summed E-state index contributed by atoms with van der Waals surface area (Å²) in [5, 5.41) is 13.3. The average Bonchev–Trinajstić information content (AvgIpc) is 2.63. The van der Waals surface area contributed by atoms with Crippen molar-refractivity contribution in [3.05, 3.63) is 63.7 Å². The minimum absolute atomic E-state index is 0.0857. The first-order valence-electron chi connectivity index (χ1n) is 8.37. The van der Waals surface area contributed by atoms with Gasteiger partial charge in [-0.15, -0.1) is 0 Å². The summed E-state index contributed by atoms with van der Waals surface area (Å²) in [6.07, 6.45) is 0. The van der Waals surface area contributed by atoms with Crippen LogP contribution in [0.5, 0.6) is 0 Å². The Morgan fingerprint density at radius 1 is 1.11 bits per heavy atom. The molecule has 0 aliphatic carbocycles. The van der Waals surface area contributed by atoms with Gasteiger partial charge in [-0.2, -0.15) is 4.31 Å². The molecule has 0 unspecified atom stereocenters. The number of benzene rings is 2. The summed E-state index contributed by atoms with van der Waals surface area (Å²) in [4.78, 5) is 22.7. The van der Waals surface area contributed by atoms with Gasteiger partial charge < -0.3 is 5.32 Å². The first-order valence-corrected chi connectivity index (χ1v) is 9.81. The maximum Gasteiger partial charge on any atom is 0.269 e. The van der Waals surface area contributed by atoms with Crippen molar-refractivity contribution >= 4 is 27.3 Å². The Labute approximate surface area is 158 Å². The number of carbonyl (C=O) groups is 1. The molecule has 0 saturated heterocycles. The summed E-state index contributed by atoms with van der Waals surface area (Å²) in [6, 6.07) is 9.86. The molecule has 2 rings (SSSR count). The van der Waals surface area contributed by atoms with E-state index >= 15 is 0 Å². The van der Waals surface area contributed by atoms with Gasteiger partial charge in [0.15, 0.2) is 0 Å². The summed E-state index contributed by atoms with van der Waals surface area (Å²) < 4.78 is 26.9. The Kier molecular flexibility index (Phi) is 6.29. The number of sulfonamides is 1. The maximum atomic E-state index is 12.8.